The number of methoxy groups -OCH3 is 3. The van der Waals surface area contributed by atoms with Crippen molar-refractivity contribution in [2.24, 2.45) is 0 Å². The van der Waals surface area contributed by atoms with Crippen LogP contribution in [0.4, 0.5) is 5.69 Å². The molecule has 0 aromatic heterocycles. The number of rotatable bonds is 9. The van der Waals surface area contributed by atoms with Crippen LogP contribution in [-0.2, 0) is 14.2 Å². The molecule has 5 aromatic rings. The maximum Gasteiger partial charge on any atom is 0.339 e. The summed E-state index contributed by atoms with van der Waals surface area (Å²) in [4.78, 5) is 67.1. The van der Waals surface area contributed by atoms with Crippen molar-refractivity contribution in [1.29, 1.82) is 0 Å². The lowest BCUT2D eigenvalue weighted by molar-refractivity contribution is 0.0591. The van der Waals surface area contributed by atoms with Crippen molar-refractivity contribution in [3.63, 3.8) is 0 Å². The second-order valence-electron chi connectivity index (χ2n) is 10.6. The third kappa shape index (κ3) is 11.2. The Bertz CT molecular complexity index is 2050. The van der Waals surface area contributed by atoms with E-state index in [9.17, 15) is 33.9 Å². The van der Waals surface area contributed by atoms with E-state index >= 15 is 0 Å². The quantitative estimate of drug-likeness (QED) is 0.0477. The minimum Gasteiger partial charge on any atom is -0.478 e. The molecule has 13 nitrogen and oxygen atoms in total. The Hall–Kier alpha value is -6.12. The second-order valence-corrected chi connectivity index (χ2v) is 14.0. The van der Waals surface area contributed by atoms with E-state index in [1.165, 1.54) is 69.9 Å². The number of nitrogens with two attached hydrogens (primary N) is 1. The number of anilines is 1. The lowest BCUT2D eigenvalue weighted by atomic mass is 10.1. The SMILES string of the molecule is COC(=O)c1ccc(C(=O)O)cc1I.COC(=O)c1ccc(C(=O)O)cc1N.COC(=O)c1ccc(C(=O)O)cc1P(c1ccccc1)c1ccccc1. The minimum absolute atomic E-state index is 0.0372. The van der Waals surface area contributed by atoms with E-state index < -0.39 is 43.7 Å². The van der Waals surface area contributed by atoms with Crippen molar-refractivity contribution >= 4 is 87.9 Å². The van der Waals surface area contributed by atoms with Gasteiger partial charge >= 0.3 is 35.8 Å². The molecule has 0 saturated carbocycles. The van der Waals surface area contributed by atoms with Crippen LogP contribution in [0.15, 0.2) is 115 Å². The van der Waals surface area contributed by atoms with Crippen molar-refractivity contribution in [2.75, 3.05) is 27.1 Å². The first-order valence-electron chi connectivity index (χ1n) is 15.4. The number of carbonyl (C=O) groups excluding carboxylic acids is 3. The third-order valence-electron chi connectivity index (χ3n) is 7.24. The van der Waals surface area contributed by atoms with Crippen molar-refractivity contribution in [1.82, 2.24) is 0 Å². The average molecular weight is 866 g/mol. The molecule has 5 aromatic carbocycles. The summed E-state index contributed by atoms with van der Waals surface area (Å²) in [5, 5.41) is 29.4. The summed E-state index contributed by atoms with van der Waals surface area (Å²) >= 11 is 1.89. The van der Waals surface area contributed by atoms with Crippen LogP contribution >= 0.6 is 30.5 Å². The molecule has 0 atom stereocenters. The lowest BCUT2D eigenvalue weighted by Crippen LogP contribution is -2.26. The van der Waals surface area contributed by atoms with Gasteiger partial charge in [0.15, 0.2) is 0 Å². The van der Waals surface area contributed by atoms with Crippen molar-refractivity contribution in [3.05, 3.63) is 152 Å². The molecular formula is C39H33INO12P. The molecule has 0 amide bonds. The van der Waals surface area contributed by atoms with Gasteiger partial charge in [0.2, 0.25) is 0 Å². The maximum absolute atomic E-state index is 12.3. The van der Waals surface area contributed by atoms with Crippen LogP contribution in [0.1, 0.15) is 62.1 Å². The number of carboxylic acid groups (broad SMARTS) is 3. The topological polar surface area (TPSA) is 217 Å². The molecule has 0 bridgehead atoms. The summed E-state index contributed by atoms with van der Waals surface area (Å²) in [5.74, 6) is -4.66. The maximum atomic E-state index is 12.3. The number of hydrogen-bond donors (Lipinski definition) is 4. The van der Waals surface area contributed by atoms with Crippen molar-refractivity contribution < 1.29 is 58.3 Å². The number of halogens is 1. The number of ether oxygens (including phenoxy) is 3. The van der Waals surface area contributed by atoms with E-state index in [2.05, 4.69) is 9.47 Å². The summed E-state index contributed by atoms with van der Waals surface area (Å²) in [6.45, 7) is 0. The smallest absolute Gasteiger partial charge is 0.339 e. The van der Waals surface area contributed by atoms with Gasteiger partial charge < -0.3 is 35.3 Å². The highest BCUT2D eigenvalue weighted by Crippen LogP contribution is 2.34. The Morgan fingerprint density at radius 2 is 0.889 bits per heavy atom. The van der Waals surface area contributed by atoms with E-state index in [1.807, 2.05) is 83.3 Å². The Morgan fingerprint density at radius 3 is 1.30 bits per heavy atom. The first-order chi connectivity index (χ1) is 25.7. The number of benzene rings is 5. The number of nitrogen functional groups attached to an aromatic ring is 1. The van der Waals surface area contributed by atoms with E-state index in [1.54, 1.807) is 6.07 Å². The van der Waals surface area contributed by atoms with Gasteiger partial charge in [-0.05, 0) is 95.7 Å². The predicted octanol–water partition coefficient (Wildman–Crippen LogP) is 5.46. The average Bonchev–Trinajstić information content (AvgIpc) is 3.18. The highest BCUT2D eigenvalue weighted by molar-refractivity contribution is 14.1. The number of aromatic carboxylic acids is 3. The Labute approximate surface area is 324 Å². The number of carboxylic acids is 3. The molecule has 0 aliphatic heterocycles. The first kappa shape index (κ1) is 42.3. The Kier molecular flexibility index (Phi) is 15.8. The zero-order valence-electron chi connectivity index (χ0n) is 28.9. The highest BCUT2D eigenvalue weighted by Gasteiger charge is 2.24. The standard InChI is InChI=1S/C21H17O4P.C9H7IO4.C9H9NO4/c1-25-21(24)18-13-12-15(20(22)23)14-19(18)26(16-8-4-2-5-9-16)17-10-6-3-7-11-17;2*1-14-9(13)6-3-2-5(8(11)12)4-7(6)10/h2-14H,1H3,(H,22,23);2-4H,1H3,(H,11,12);2-4H,10H2,1H3,(H,11,12). The number of esters is 3. The molecule has 0 unspecified atom stereocenters. The first-order valence-corrected chi connectivity index (χ1v) is 17.8. The second kappa shape index (κ2) is 20.2. The van der Waals surface area contributed by atoms with Crippen LogP contribution in [0.3, 0.4) is 0 Å². The van der Waals surface area contributed by atoms with E-state index in [0.29, 0.717) is 20.0 Å². The summed E-state index contributed by atoms with van der Waals surface area (Å²) in [6, 6.07) is 32.2. The van der Waals surface area contributed by atoms with Gasteiger partial charge in [-0.25, -0.2) is 28.8 Å². The van der Waals surface area contributed by atoms with E-state index in [0.717, 1.165) is 10.6 Å². The fourth-order valence-electron chi connectivity index (χ4n) is 4.63. The van der Waals surface area contributed by atoms with Crippen LogP contribution in [-0.4, -0.2) is 72.5 Å². The summed E-state index contributed by atoms with van der Waals surface area (Å²) in [7, 11) is 2.72. The van der Waals surface area contributed by atoms with Crippen LogP contribution in [0.5, 0.6) is 0 Å². The molecule has 5 rings (SSSR count). The molecular weight excluding hydrogens is 832 g/mol. The number of hydrogen-bond acceptors (Lipinski definition) is 10. The Morgan fingerprint density at radius 1 is 0.519 bits per heavy atom. The monoisotopic (exact) mass is 865 g/mol. The largest absolute Gasteiger partial charge is 0.478 e. The van der Waals surface area contributed by atoms with Crippen LogP contribution in [0, 0.1) is 3.57 Å². The summed E-state index contributed by atoms with van der Waals surface area (Å²) in [5.41, 5.74) is 6.83. The zero-order chi connectivity index (χ0) is 39.9. The molecule has 0 fully saturated rings. The Balaban J connectivity index is 0.000000238. The highest BCUT2D eigenvalue weighted by atomic mass is 127. The molecule has 5 N–H and O–H groups in total. The van der Waals surface area contributed by atoms with E-state index in [4.69, 9.17) is 20.7 Å². The van der Waals surface area contributed by atoms with Gasteiger partial charge in [0.1, 0.15) is 0 Å². The van der Waals surface area contributed by atoms with Crippen LogP contribution in [0.2, 0.25) is 0 Å². The predicted molar refractivity (Wildman–Crippen MR) is 210 cm³/mol. The van der Waals surface area contributed by atoms with Gasteiger partial charge in [0.05, 0.1) is 54.7 Å². The molecule has 278 valence electrons. The van der Waals surface area contributed by atoms with Crippen molar-refractivity contribution in [3.8, 4) is 0 Å². The van der Waals surface area contributed by atoms with Gasteiger partial charge in [-0.1, -0.05) is 60.7 Å². The van der Waals surface area contributed by atoms with Gasteiger partial charge in [-0.3, -0.25) is 0 Å². The fraction of sp³-hybridized carbons (Fsp3) is 0.0769. The summed E-state index contributed by atoms with van der Waals surface area (Å²) < 4.78 is 14.5. The molecule has 0 saturated heterocycles. The van der Waals surface area contributed by atoms with Crippen LogP contribution < -0.4 is 21.6 Å². The fourth-order valence-corrected chi connectivity index (χ4v) is 7.83. The van der Waals surface area contributed by atoms with Gasteiger partial charge in [0.25, 0.3) is 0 Å². The van der Waals surface area contributed by atoms with Crippen molar-refractivity contribution in [2.45, 2.75) is 0 Å². The zero-order valence-corrected chi connectivity index (χ0v) is 31.9. The summed E-state index contributed by atoms with van der Waals surface area (Å²) in [6.07, 6.45) is 0. The molecule has 0 heterocycles. The molecule has 0 aliphatic carbocycles. The van der Waals surface area contributed by atoms with Gasteiger partial charge in [0, 0.05) is 14.6 Å². The van der Waals surface area contributed by atoms with E-state index in [-0.39, 0.29) is 27.9 Å². The molecule has 0 radical (unpaired) electrons. The third-order valence-corrected chi connectivity index (χ3v) is 10.6. The lowest BCUT2D eigenvalue weighted by Gasteiger charge is -2.22. The number of carbonyl (C=O) groups is 6. The van der Waals surface area contributed by atoms with Gasteiger partial charge in [-0.15, -0.1) is 0 Å². The molecule has 54 heavy (non-hydrogen) atoms. The minimum atomic E-state index is -1.11. The normalized spacial score (nSPS) is 10.0. The van der Waals surface area contributed by atoms with Gasteiger partial charge in [-0.2, -0.15) is 0 Å². The molecule has 15 heteroatoms. The van der Waals surface area contributed by atoms with Crippen LogP contribution in [0.25, 0.3) is 0 Å². The molecule has 0 aliphatic rings. The molecule has 0 spiro atoms.